The van der Waals surface area contributed by atoms with Gasteiger partial charge in [-0.15, -0.1) is 21.9 Å². The van der Waals surface area contributed by atoms with Crippen molar-refractivity contribution < 1.29 is 87.8 Å². The van der Waals surface area contributed by atoms with Crippen molar-refractivity contribution in [2.75, 3.05) is 0 Å². The molecular weight excluding hydrogens is 943 g/mol. The summed E-state index contributed by atoms with van der Waals surface area (Å²) in [6.45, 7) is 6.38. The highest BCUT2D eigenvalue weighted by Crippen LogP contribution is 2.33. The number of aryl methyl sites for hydroxylation is 3. The molecule has 7 rings (SSSR count). The van der Waals surface area contributed by atoms with E-state index in [0.29, 0.717) is 0 Å². The first kappa shape index (κ1) is 49.5. The van der Waals surface area contributed by atoms with Gasteiger partial charge in [0.05, 0.1) is 22.6 Å². The maximum Gasteiger partial charge on any atom is 0.200 e. The first-order chi connectivity index (χ1) is 31.3. The van der Waals surface area contributed by atoms with Gasteiger partial charge in [0.15, 0.2) is 69.8 Å². The molecule has 0 bridgehead atoms. The number of hydrogen-bond acceptors (Lipinski definition) is 0. The first-order valence-corrected chi connectivity index (χ1v) is 18.6. The Hall–Kier alpha value is -6.93. The van der Waals surface area contributed by atoms with Crippen LogP contribution in [-0.2, 0) is 0 Å². The second-order valence-electron chi connectivity index (χ2n) is 14.8. The van der Waals surface area contributed by atoms with E-state index in [0.717, 1.165) is 0 Å². The predicted octanol–water partition coefficient (Wildman–Crippen LogP) is 11.5. The van der Waals surface area contributed by atoms with Crippen LogP contribution in [-0.4, -0.2) is 6.15 Å². The Morgan fingerprint density at radius 1 is 0.224 bits per heavy atom. The third-order valence-corrected chi connectivity index (χ3v) is 10.7. The highest BCUT2D eigenvalue weighted by Gasteiger charge is 2.52. The van der Waals surface area contributed by atoms with E-state index in [9.17, 15) is 52.7 Å². The molecule has 0 N–H and O–H groups in total. The van der Waals surface area contributed by atoms with Crippen LogP contribution in [0, 0.1) is 143 Å². The fourth-order valence-electron chi connectivity index (χ4n) is 7.53. The second kappa shape index (κ2) is 18.4. The maximum absolute atomic E-state index is 15.4. The van der Waals surface area contributed by atoms with Crippen molar-refractivity contribution in [2.24, 2.45) is 0 Å². The van der Waals surface area contributed by atoms with Crippen LogP contribution in [0.15, 0.2) is 72.8 Å². The van der Waals surface area contributed by atoms with Gasteiger partial charge in [-0.25, -0.2) is 87.8 Å². The summed E-state index contributed by atoms with van der Waals surface area (Å²) in [4.78, 5) is 0. The zero-order valence-corrected chi connectivity index (χ0v) is 33.6. The van der Waals surface area contributed by atoms with Gasteiger partial charge in [0, 0.05) is 0 Å². The van der Waals surface area contributed by atoms with Crippen molar-refractivity contribution in [2.45, 2.75) is 20.8 Å². The highest BCUT2D eigenvalue weighted by atomic mass is 19.2. The fourth-order valence-corrected chi connectivity index (χ4v) is 7.53. The molecule has 67 heavy (non-hydrogen) atoms. The molecule has 0 saturated heterocycles. The highest BCUT2D eigenvalue weighted by molar-refractivity contribution is 7.20. The van der Waals surface area contributed by atoms with E-state index in [1.807, 2.05) is 0 Å². The standard InChI is InChI=1S/C24BF20.C22H21/c26-5-1(6(27)14(35)21(42)13(5)34)25(2-7(28)15(36)22(43)16(37)8(2)29,3-9(30)17(38)23(44)18(39)10(3)31)4-11(32)19(40)24(45)20(41)12(4)33;1-16-4-10-19(11-5-16)22(20-12-6-17(2)7-13-20)21-14-8-18(3)9-15-21/h;4-15H,1-3H3/q-1;+1. The van der Waals surface area contributed by atoms with Crippen LogP contribution >= 0.6 is 0 Å². The number of hydrogen-bond donors (Lipinski definition) is 0. The van der Waals surface area contributed by atoms with E-state index in [2.05, 4.69) is 93.6 Å². The minimum absolute atomic E-state index is 1.26. The summed E-state index contributed by atoms with van der Waals surface area (Å²) in [5.74, 6) is -70.1. The minimum atomic E-state index is -7.22. The minimum Gasteiger partial charge on any atom is -0.207 e. The summed E-state index contributed by atoms with van der Waals surface area (Å²) in [6.07, 6.45) is -7.22. The molecule has 0 aliphatic rings. The Bertz CT molecular complexity index is 2590. The van der Waals surface area contributed by atoms with Crippen molar-refractivity contribution in [1.82, 2.24) is 0 Å². The molecule has 0 fully saturated rings. The molecule has 348 valence electrons. The van der Waals surface area contributed by atoms with Gasteiger partial charge in [0.1, 0.15) is 52.7 Å². The van der Waals surface area contributed by atoms with Crippen LogP contribution in [0.4, 0.5) is 87.8 Å². The smallest absolute Gasteiger partial charge is 0.200 e. The van der Waals surface area contributed by atoms with Crippen molar-refractivity contribution in [3.8, 4) is 0 Å². The Labute approximate surface area is 364 Å². The fraction of sp³-hybridized carbons (Fsp3) is 0.0652. The van der Waals surface area contributed by atoms with Crippen LogP contribution < -0.4 is 21.9 Å². The van der Waals surface area contributed by atoms with Crippen molar-refractivity contribution in [3.05, 3.63) is 228 Å². The van der Waals surface area contributed by atoms with Crippen LogP contribution in [0.25, 0.3) is 0 Å². The third kappa shape index (κ3) is 8.00. The molecule has 0 spiro atoms. The van der Waals surface area contributed by atoms with Crippen LogP contribution in [0.1, 0.15) is 33.4 Å². The van der Waals surface area contributed by atoms with Crippen molar-refractivity contribution in [3.63, 3.8) is 0 Å². The molecule has 0 aliphatic carbocycles. The van der Waals surface area contributed by atoms with E-state index < -0.39 is 144 Å². The summed E-state index contributed by atoms with van der Waals surface area (Å²) in [7, 11) is 0. The molecule has 7 aromatic rings. The van der Waals surface area contributed by atoms with E-state index in [4.69, 9.17) is 0 Å². The Balaban J connectivity index is 0.000000279. The Kier molecular flexibility index (Phi) is 13.6. The zero-order chi connectivity index (χ0) is 49.9. The van der Waals surface area contributed by atoms with Crippen LogP contribution in [0.5, 0.6) is 0 Å². The number of halogens is 20. The molecule has 0 aliphatic heterocycles. The van der Waals surface area contributed by atoms with Crippen LogP contribution in [0.3, 0.4) is 0 Å². The SMILES string of the molecule is Cc1ccc([C+](c2ccc(C)cc2)c2ccc(C)cc2)cc1.Fc1c(F)c(F)c([B-](c2c(F)c(F)c(F)c(F)c2F)(c2c(F)c(F)c(F)c(F)c2F)c2c(F)c(F)c(F)c(F)c2F)c(F)c1F. The Morgan fingerprint density at radius 3 is 0.507 bits per heavy atom. The van der Waals surface area contributed by atoms with Gasteiger partial charge in [0.25, 0.3) is 0 Å². The second-order valence-corrected chi connectivity index (χ2v) is 14.8. The largest absolute Gasteiger partial charge is 0.207 e. The Morgan fingerprint density at radius 2 is 0.358 bits per heavy atom. The van der Waals surface area contributed by atoms with E-state index >= 15 is 35.1 Å². The maximum atomic E-state index is 15.4. The quantitative estimate of drug-likeness (QED) is 0.0373. The summed E-state index contributed by atoms with van der Waals surface area (Å²) < 4.78 is 294. The predicted molar refractivity (Wildman–Crippen MR) is 203 cm³/mol. The van der Waals surface area contributed by atoms with Gasteiger partial charge in [0.2, 0.25) is 0 Å². The van der Waals surface area contributed by atoms with E-state index in [1.54, 1.807) is 0 Å². The lowest BCUT2D eigenvalue weighted by atomic mass is 9.12. The van der Waals surface area contributed by atoms with Gasteiger partial charge in [-0.05, 0) is 110 Å². The first-order valence-electron chi connectivity index (χ1n) is 18.6. The molecule has 0 atom stereocenters. The lowest BCUT2D eigenvalue weighted by molar-refractivity contribution is 0.378. The van der Waals surface area contributed by atoms with Gasteiger partial charge in [-0.3, -0.25) is 0 Å². The monoisotopic (exact) mass is 964 g/mol. The summed E-state index contributed by atoms with van der Waals surface area (Å²) in [5, 5.41) is 0. The molecule has 0 nitrogen and oxygen atoms in total. The molecule has 0 saturated carbocycles. The normalized spacial score (nSPS) is 11.5. The lowest BCUT2D eigenvalue weighted by Gasteiger charge is -2.44. The molecular formula is C46H21BF20. The van der Waals surface area contributed by atoms with Gasteiger partial charge >= 0.3 is 0 Å². The lowest BCUT2D eigenvalue weighted by Crippen LogP contribution is -2.81. The average Bonchev–Trinajstić information content (AvgIpc) is 3.31. The zero-order valence-electron chi connectivity index (χ0n) is 33.6. The molecule has 21 heteroatoms. The van der Waals surface area contributed by atoms with Crippen molar-refractivity contribution in [1.29, 1.82) is 0 Å². The third-order valence-electron chi connectivity index (χ3n) is 10.7. The topological polar surface area (TPSA) is 0 Å². The molecule has 0 aromatic heterocycles. The molecule has 0 heterocycles. The summed E-state index contributed by atoms with van der Waals surface area (Å²) >= 11 is 0. The molecule has 0 radical (unpaired) electrons. The van der Waals surface area contributed by atoms with Crippen LogP contribution in [0.2, 0.25) is 0 Å². The van der Waals surface area contributed by atoms with E-state index in [-0.39, 0.29) is 0 Å². The van der Waals surface area contributed by atoms with Gasteiger partial charge in [-0.1, -0.05) is 0 Å². The number of rotatable bonds is 7. The van der Waals surface area contributed by atoms with Gasteiger partial charge in [-0.2, -0.15) is 0 Å². The molecule has 0 unspecified atom stereocenters. The average molecular weight is 964 g/mol. The summed E-state index contributed by atoms with van der Waals surface area (Å²) in [5.41, 5.74) is -6.68. The molecule has 7 aromatic carbocycles. The molecule has 0 amide bonds. The summed E-state index contributed by atoms with van der Waals surface area (Å²) in [6, 6.07) is 26.3. The van der Waals surface area contributed by atoms with Crippen molar-refractivity contribution >= 4 is 28.0 Å². The van der Waals surface area contributed by atoms with E-state index in [1.165, 1.54) is 39.3 Å². The van der Waals surface area contributed by atoms with Gasteiger partial charge < -0.3 is 0 Å². The number of benzene rings is 7.